The minimum Gasteiger partial charge on any atom is -0.477 e. The standard InChI is InChI=1S/C20H28O8/c1-7-5-10(21)16(24)18(3)9(7)6-11-19(4)14(20(27,28-11)17(25)26)8(2)12(22)13(23)15(18)19/h5,8-9,11-16,22-24,27H,6H2,1-4H3,(H,25,26)/t8-,9+,11+,12+,13-,14-,15+,16+,18-,19-,20?/m0/s1. The topological polar surface area (TPSA) is 145 Å². The Kier molecular flexibility index (Phi) is 4.02. The number of hydrogen-bond donors (Lipinski definition) is 5. The molecule has 5 N–H and O–H groups in total. The zero-order valence-electron chi connectivity index (χ0n) is 16.4. The van der Waals surface area contributed by atoms with Crippen molar-refractivity contribution < 1.29 is 39.9 Å². The Bertz CT molecular complexity index is 778. The zero-order chi connectivity index (χ0) is 21.0. The van der Waals surface area contributed by atoms with E-state index in [9.17, 15) is 35.1 Å². The third-order valence-corrected chi connectivity index (χ3v) is 8.49. The Balaban J connectivity index is 1.98. The number of ketones is 1. The number of carbonyl (C=O) groups excluding carboxylic acids is 1. The molecule has 3 fully saturated rings. The summed E-state index contributed by atoms with van der Waals surface area (Å²) in [7, 11) is 0. The third-order valence-electron chi connectivity index (χ3n) is 8.49. The maximum atomic E-state index is 12.5. The van der Waals surface area contributed by atoms with Crippen molar-refractivity contribution in [2.45, 2.75) is 64.3 Å². The van der Waals surface area contributed by atoms with Crippen LogP contribution in [0.15, 0.2) is 11.6 Å². The lowest BCUT2D eigenvalue weighted by molar-refractivity contribution is -0.250. The summed E-state index contributed by atoms with van der Waals surface area (Å²) in [6, 6.07) is 0. The normalized spacial score (nSPS) is 58.0. The molecule has 1 aliphatic heterocycles. The summed E-state index contributed by atoms with van der Waals surface area (Å²) in [6.45, 7) is 6.80. The molecule has 0 aromatic carbocycles. The van der Waals surface area contributed by atoms with E-state index in [1.54, 1.807) is 27.7 Å². The van der Waals surface area contributed by atoms with Gasteiger partial charge in [0, 0.05) is 22.7 Å². The molecule has 0 bridgehead atoms. The molecule has 8 heteroatoms. The van der Waals surface area contributed by atoms with E-state index in [4.69, 9.17) is 4.74 Å². The van der Waals surface area contributed by atoms with E-state index in [-0.39, 0.29) is 5.92 Å². The Morgan fingerprint density at radius 3 is 2.32 bits per heavy atom. The van der Waals surface area contributed by atoms with Crippen molar-refractivity contribution in [3.05, 3.63) is 11.6 Å². The average molecular weight is 396 g/mol. The second-order valence-corrected chi connectivity index (χ2v) is 9.62. The fraction of sp³-hybridized carbons (Fsp3) is 0.800. The van der Waals surface area contributed by atoms with Gasteiger partial charge >= 0.3 is 5.97 Å². The van der Waals surface area contributed by atoms with Crippen LogP contribution in [0, 0.1) is 34.5 Å². The van der Waals surface area contributed by atoms with Crippen LogP contribution in [0.25, 0.3) is 0 Å². The van der Waals surface area contributed by atoms with E-state index in [1.165, 1.54) is 6.08 Å². The van der Waals surface area contributed by atoms with Crippen molar-refractivity contribution >= 4 is 11.8 Å². The third kappa shape index (κ3) is 1.98. The second kappa shape index (κ2) is 5.64. The van der Waals surface area contributed by atoms with E-state index in [1.807, 2.05) is 0 Å². The smallest absolute Gasteiger partial charge is 0.364 e. The minimum atomic E-state index is -2.52. The predicted octanol–water partition coefficient (Wildman–Crippen LogP) is -0.315. The molecule has 4 rings (SSSR count). The van der Waals surface area contributed by atoms with Crippen molar-refractivity contribution in [3.8, 4) is 0 Å². The predicted molar refractivity (Wildman–Crippen MR) is 94.7 cm³/mol. The molecule has 0 aromatic rings. The van der Waals surface area contributed by atoms with Crippen LogP contribution in [0.3, 0.4) is 0 Å². The van der Waals surface area contributed by atoms with Crippen molar-refractivity contribution in [2.75, 3.05) is 0 Å². The molecule has 4 aliphatic rings. The minimum absolute atomic E-state index is 0.303. The van der Waals surface area contributed by atoms with Crippen molar-refractivity contribution in [2.24, 2.45) is 34.5 Å². The number of allylic oxidation sites excluding steroid dienone is 1. The number of aliphatic carboxylic acids is 1. The molecule has 8 nitrogen and oxygen atoms in total. The van der Waals surface area contributed by atoms with Crippen molar-refractivity contribution in [1.82, 2.24) is 0 Å². The summed E-state index contributed by atoms with van der Waals surface area (Å²) >= 11 is 0. The van der Waals surface area contributed by atoms with Crippen LogP contribution in [0.1, 0.15) is 34.1 Å². The highest BCUT2D eigenvalue weighted by molar-refractivity contribution is 5.96. The molecule has 3 aliphatic carbocycles. The van der Waals surface area contributed by atoms with Crippen LogP contribution in [0.5, 0.6) is 0 Å². The monoisotopic (exact) mass is 396 g/mol. The second-order valence-electron chi connectivity index (χ2n) is 9.62. The van der Waals surface area contributed by atoms with Crippen LogP contribution in [-0.4, -0.2) is 67.5 Å². The largest absolute Gasteiger partial charge is 0.477 e. The number of hydrogen-bond acceptors (Lipinski definition) is 7. The van der Waals surface area contributed by atoms with Gasteiger partial charge in [-0.25, -0.2) is 4.79 Å². The Morgan fingerprint density at radius 2 is 1.75 bits per heavy atom. The van der Waals surface area contributed by atoms with Gasteiger partial charge in [0.2, 0.25) is 0 Å². The Labute approximate surface area is 162 Å². The highest BCUT2D eigenvalue weighted by Gasteiger charge is 2.78. The number of carboxylic acid groups (broad SMARTS) is 1. The summed E-state index contributed by atoms with van der Waals surface area (Å²) in [5.74, 6) is -7.53. The fourth-order valence-electron chi connectivity index (χ4n) is 7.38. The molecule has 0 amide bonds. The van der Waals surface area contributed by atoms with Gasteiger partial charge in [0.25, 0.3) is 5.79 Å². The SMILES string of the molecule is CC1=CC(=O)[C@@H](O)[C@]2(C)[C@H]3[C@@H](O)[C@H](O)[C@H](C)[C@@H]4C(O)(C(=O)O)O[C@H](C[C@H]12)[C@]34C. The lowest BCUT2D eigenvalue weighted by atomic mass is 9.39. The van der Waals surface area contributed by atoms with E-state index in [2.05, 4.69) is 0 Å². The zero-order valence-corrected chi connectivity index (χ0v) is 16.4. The van der Waals surface area contributed by atoms with Gasteiger partial charge in [-0.3, -0.25) is 4.79 Å². The lowest BCUT2D eigenvalue weighted by Crippen LogP contribution is -2.71. The molecular weight excluding hydrogens is 368 g/mol. The molecule has 28 heavy (non-hydrogen) atoms. The first-order valence-corrected chi connectivity index (χ1v) is 9.72. The van der Waals surface area contributed by atoms with E-state index < -0.39 is 70.5 Å². The van der Waals surface area contributed by atoms with Crippen LogP contribution in [-0.2, 0) is 14.3 Å². The fourth-order valence-corrected chi connectivity index (χ4v) is 7.38. The first-order chi connectivity index (χ1) is 12.8. The van der Waals surface area contributed by atoms with Crippen LogP contribution in [0.4, 0.5) is 0 Å². The highest BCUT2D eigenvalue weighted by Crippen LogP contribution is 2.71. The first-order valence-electron chi connectivity index (χ1n) is 9.72. The van der Waals surface area contributed by atoms with Gasteiger partial charge in [-0.05, 0) is 31.3 Å². The molecule has 156 valence electrons. The summed E-state index contributed by atoms with van der Waals surface area (Å²) < 4.78 is 5.74. The van der Waals surface area contributed by atoms with Gasteiger partial charge < -0.3 is 30.3 Å². The van der Waals surface area contributed by atoms with Gasteiger partial charge in [0.1, 0.15) is 6.10 Å². The van der Waals surface area contributed by atoms with Crippen molar-refractivity contribution in [1.29, 1.82) is 0 Å². The van der Waals surface area contributed by atoms with Crippen LogP contribution in [0.2, 0.25) is 0 Å². The Hall–Kier alpha value is -1.32. The number of fused-ring (bicyclic) bond motifs is 2. The maximum absolute atomic E-state index is 12.5. The number of aliphatic hydroxyl groups excluding tert-OH is 3. The summed E-state index contributed by atoms with van der Waals surface area (Å²) in [5.41, 5.74) is -1.48. The number of rotatable bonds is 1. The molecule has 2 saturated carbocycles. The Morgan fingerprint density at radius 1 is 1.14 bits per heavy atom. The lowest BCUT2D eigenvalue weighted by Gasteiger charge is -2.65. The summed E-state index contributed by atoms with van der Waals surface area (Å²) in [4.78, 5) is 24.4. The molecule has 1 saturated heterocycles. The average Bonchev–Trinajstić information content (AvgIpc) is 2.84. The van der Waals surface area contributed by atoms with E-state index in [0.717, 1.165) is 0 Å². The van der Waals surface area contributed by atoms with Crippen LogP contribution >= 0.6 is 0 Å². The summed E-state index contributed by atoms with van der Waals surface area (Å²) in [5, 5.41) is 53.5. The number of aliphatic hydroxyl groups is 4. The molecule has 1 heterocycles. The summed E-state index contributed by atoms with van der Waals surface area (Å²) in [6.07, 6.45) is -3.07. The quantitative estimate of drug-likeness (QED) is 0.406. The highest BCUT2D eigenvalue weighted by atomic mass is 16.7. The molecule has 0 radical (unpaired) electrons. The van der Waals surface area contributed by atoms with Crippen LogP contribution < -0.4 is 0 Å². The molecule has 0 aromatic heterocycles. The number of carbonyl (C=O) groups is 2. The maximum Gasteiger partial charge on any atom is 0.364 e. The van der Waals surface area contributed by atoms with E-state index >= 15 is 0 Å². The number of ether oxygens (including phenoxy) is 1. The molecule has 11 atom stereocenters. The first kappa shape index (κ1) is 20.0. The van der Waals surface area contributed by atoms with Gasteiger partial charge in [0.15, 0.2) is 5.78 Å². The number of carboxylic acids is 1. The molecule has 1 unspecified atom stereocenters. The van der Waals surface area contributed by atoms with Gasteiger partial charge in [-0.2, -0.15) is 0 Å². The molecular formula is C20H28O8. The van der Waals surface area contributed by atoms with Gasteiger partial charge in [-0.1, -0.05) is 26.3 Å². The van der Waals surface area contributed by atoms with Gasteiger partial charge in [-0.15, -0.1) is 0 Å². The molecule has 0 spiro atoms. The van der Waals surface area contributed by atoms with Gasteiger partial charge in [0.05, 0.1) is 18.3 Å². The van der Waals surface area contributed by atoms with Crippen molar-refractivity contribution in [3.63, 3.8) is 0 Å². The van der Waals surface area contributed by atoms with E-state index in [0.29, 0.717) is 12.0 Å².